The van der Waals surface area contributed by atoms with E-state index in [4.69, 9.17) is 4.74 Å². The summed E-state index contributed by atoms with van der Waals surface area (Å²) < 4.78 is 6.92. The van der Waals surface area contributed by atoms with E-state index in [0.29, 0.717) is 31.6 Å². The molecule has 8 heteroatoms. The van der Waals surface area contributed by atoms with Crippen LogP contribution >= 0.6 is 0 Å². The van der Waals surface area contributed by atoms with E-state index in [1.54, 1.807) is 20.2 Å². The highest BCUT2D eigenvalue weighted by molar-refractivity contribution is 5.79. The summed E-state index contributed by atoms with van der Waals surface area (Å²) in [6.07, 6.45) is 4.19. The lowest BCUT2D eigenvalue weighted by Gasteiger charge is -2.22. The molecule has 3 N–H and O–H groups in total. The molecule has 8 nitrogen and oxygen atoms in total. The van der Waals surface area contributed by atoms with Crippen molar-refractivity contribution >= 4 is 12.1 Å². The van der Waals surface area contributed by atoms with Crippen LogP contribution in [-0.4, -0.2) is 48.1 Å². The molecule has 1 unspecified atom stereocenters. The fourth-order valence-corrected chi connectivity index (χ4v) is 3.17. The van der Waals surface area contributed by atoms with Crippen LogP contribution in [0.25, 0.3) is 0 Å². The number of hydrogen-bond acceptors (Lipinski definition) is 4. The highest BCUT2D eigenvalue weighted by Gasteiger charge is 2.15. The van der Waals surface area contributed by atoms with Crippen LogP contribution in [0.2, 0.25) is 0 Å². The summed E-state index contributed by atoms with van der Waals surface area (Å²) in [5.74, 6) is 1.13. The second-order valence-electron chi connectivity index (χ2n) is 7.47. The Morgan fingerprint density at radius 3 is 2.60 bits per heavy atom. The fraction of sp³-hybridized carbons (Fsp3) is 0.500. The molecule has 1 aromatic heterocycles. The predicted molar refractivity (Wildman–Crippen MR) is 119 cm³/mol. The number of nitrogens with zero attached hydrogens (tertiary/aromatic N) is 3. The minimum Gasteiger partial charge on any atom is -0.450 e. The van der Waals surface area contributed by atoms with Gasteiger partial charge in [0.15, 0.2) is 5.96 Å². The molecule has 0 bridgehead atoms. The Balaban J connectivity index is 1.91. The maximum atomic E-state index is 11.8. The first-order valence-electron chi connectivity index (χ1n) is 10.4. The zero-order chi connectivity index (χ0) is 21.8. The monoisotopic (exact) mass is 414 g/mol. The van der Waals surface area contributed by atoms with E-state index in [0.717, 1.165) is 13.0 Å². The topological polar surface area (TPSA) is 92.6 Å². The zero-order valence-corrected chi connectivity index (χ0v) is 18.4. The van der Waals surface area contributed by atoms with Crippen LogP contribution in [-0.2, 0) is 17.8 Å². The highest BCUT2D eigenvalue weighted by atomic mass is 16.5. The third-order valence-corrected chi connectivity index (χ3v) is 4.55. The molecule has 2 rings (SSSR count). The third kappa shape index (κ3) is 8.14. The molecule has 0 saturated heterocycles. The number of aliphatic imine (C=N–C) groups is 1. The molecule has 1 atom stereocenters. The molecular formula is C22H34N6O2. The predicted octanol–water partition coefficient (Wildman–Crippen LogP) is 2.76. The molecule has 0 saturated carbocycles. The summed E-state index contributed by atoms with van der Waals surface area (Å²) in [7, 11) is 1.74. The molecule has 0 aliphatic heterocycles. The number of hydrogen-bond donors (Lipinski definition) is 3. The van der Waals surface area contributed by atoms with E-state index in [9.17, 15) is 4.79 Å². The van der Waals surface area contributed by atoms with E-state index >= 15 is 0 Å². The van der Waals surface area contributed by atoms with Crippen molar-refractivity contribution in [1.82, 2.24) is 25.7 Å². The lowest BCUT2D eigenvalue weighted by Crippen LogP contribution is -2.47. The Morgan fingerprint density at radius 1 is 1.20 bits per heavy atom. The molecule has 1 amide bonds. The Bertz CT molecular complexity index is 789. The van der Waals surface area contributed by atoms with Gasteiger partial charge in [0, 0.05) is 38.6 Å². The zero-order valence-electron chi connectivity index (χ0n) is 18.4. The first-order valence-corrected chi connectivity index (χ1v) is 10.4. The van der Waals surface area contributed by atoms with Crippen LogP contribution in [0.3, 0.4) is 0 Å². The van der Waals surface area contributed by atoms with Gasteiger partial charge in [0.05, 0.1) is 13.2 Å². The van der Waals surface area contributed by atoms with Crippen LogP contribution in [0.15, 0.2) is 47.7 Å². The number of carbonyl (C=O) groups is 1. The lowest BCUT2D eigenvalue weighted by atomic mass is 10.0. The highest BCUT2D eigenvalue weighted by Crippen LogP contribution is 2.10. The van der Waals surface area contributed by atoms with Gasteiger partial charge in [-0.2, -0.15) is 5.10 Å². The molecule has 0 aliphatic rings. The second kappa shape index (κ2) is 12.5. The molecule has 0 spiro atoms. The first kappa shape index (κ1) is 23.3. The van der Waals surface area contributed by atoms with Crippen LogP contribution in [0.5, 0.6) is 0 Å². The maximum absolute atomic E-state index is 11.8. The van der Waals surface area contributed by atoms with Crippen molar-refractivity contribution < 1.29 is 9.53 Å². The largest absolute Gasteiger partial charge is 0.450 e. The van der Waals surface area contributed by atoms with E-state index in [2.05, 4.69) is 52.0 Å². The number of ether oxygens (including phenoxy) is 1. The van der Waals surface area contributed by atoms with Gasteiger partial charge < -0.3 is 20.7 Å². The molecule has 30 heavy (non-hydrogen) atoms. The summed E-state index contributed by atoms with van der Waals surface area (Å²) in [4.78, 5) is 16.1. The Labute approximate surface area is 179 Å². The molecule has 0 fully saturated rings. The van der Waals surface area contributed by atoms with Gasteiger partial charge in [-0.1, -0.05) is 38.1 Å². The molecular weight excluding hydrogens is 380 g/mol. The minimum absolute atomic E-state index is 0.0466. The molecule has 0 aliphatic carbocycles. The van der Waals surface area contributed by atoms with Crippen molar-refractivity contribution in [2.24, 2.45) is 10.9 Å². The number of alkyl carbamates (subject to hydrolysis) is 1. The number of rotatable bonds is 10. The Kier molecular flexibility index (Phi) is 9.70. The van der Waals surface area contributed by atoms with Gasteiger partial charge in [-0.25, -0.2) is 4.79 Å². The SMILES string of the molecule is CCOC(=O)NC(CNC(=NC)NCc1ccccc1Cn1cccn1)CC(C)C. The number of benzene rings is 1. The quantitative estimate of drug-likeness (QED) is 0.411. The maximum Gasteiger partial charge on any atom is 0.407 e. The van der Waals surface area contributed by atoms with Gasteiger partial charge in [-0.15, -0.1) is 0 Å². The van der Waals surface area contributed by atoms with E-state index in [-0.39, 0.29) is 12.1 Å². The van der Waals surface area contributed by atoms with Gasteiger partial charge in [-0.05, 0) is 36.5 Å². The van der Waals surface area contributed by atoms with Crippen molar-refractivity contribution in [3.05, 3.63) is 53.9 Å². The number of aromatic nitrogens is 2. The number of guanidine groups is 1. The van der Waals surface area contributed by atoms with E-state index in [1.807, 2.05) is 29.1 Å². The second-order valence-corrected chi connectivity index (χ2v) is 7.47. The van der Waals surface area contributed by atoms with Crippen molar-refractivity contribution in [1.29, 1.82) is 0 Å². The first-order chi connectivity index (χ1) is 14.5. The molecule has 0 radical (unpaired) electrons. The Hall–Kier alpha value is -3.03. The van der Waals surface area contributed by atoms with Crippen LogP contribution in [0.4, 0.5) is 4.79 Å². The lowest BCUT2D eigenvalue weighted by molar-refractivity contribution is 0.146. The summed E-state index contributed by atoms with van der Waals surface area (Å²) in [6.45, 7) is 8.33. The van der Waals surface area contributed by atoms with Crippen LogP contribution in [0.1, 0.15) is 38.3 Å². The van der Waals surface area contributed by atoms with Gasteiger partial charge in [0.1, 0.15) is 0 Å². The van der Waals surface area contributed by atoms with Gasteiger partial charge in [-0.3, -0.25) is 9.67 Å². The standard InChI is InChI=1S/C22H34N6O2/c1-5-30-22(29)27-20(13-17(2)3)15-25-21(23-4)24-14-18-9-6-7-10-19(18)16-28-12-8-11-26-28/h6-12,17,20H,5,13-16H2,1-4H3,(H,27,29)(H2,23,24,25). The molecule has 164 valence electrons. The average molecular weight is 415 g/mol. The number of carbonyl (C=O) groups excluding carboxylic acids is 1. The van der Waals surface area contributed by atoms with Gasteiger partial charge in [0.25, 0.3) is 0 Å². The average Bonchev–Trinajstić information content (AvgIpc) is 3.22. The summed E-state index contributed by atoms with van der Waals surface area (Å²) in [6, 6.07) is 10.1. The normalized spacial score (nSPS) is 12.5. The molecule has 1 heterocycles. The van der Waals surface area contributed by atoms with Gasteiger partial charge in [0.2, 0.25) is 0 Å². The van der Waals surface area contributed by atoms with Crippen molar-refractivity contribution in [3.63, 3.8) is 0 Å². The summed E-state index contributed by atoms with van der Waals surface area (Å²) in [5.41, 5.74) is 2.38. The molecule has 2 aromatic rings. The fourth-order valence-electron chi connectivity index (χ4n) is 3.17. The number of amides is 1. The molecule has 1 aromatic carbocycles. The van der Waals surface area contributed by atoms with Crippen molar-refractivity contribution in [2.75, 3.05) is 20.2 Å². The van der Waals surface area contributed by atoms with Gasteiger partial charge >= 0.3 is 6.09 Å². The Morgan fingerprint density at radius 2 is 1.97 bits per heavy atom. The summed E-state index contributed by atoms with van der Waals surface area (Å²) in [5, 5.41) is 13.9. The third-order valence-electron chi connectivity index (χ3n) is 4.55. The van der Waals surface area contributed by atoms with Crippen LogP contribution in [0, 0.1) is 5.92 Å². The van der Waals surface area contributed by atoms with E-state index < -0.39 is 0 Å². The van der Waals surface area contributed by atoms with Crippen LogP contribution < -0.4 is 16.0 Å². The number of nitrogens with one attached hydrogen (secondary N) is 3. The van der Waals surface area contributed by atoms with Crippen molar-refractivity contribution in [3.8, 4) is 0 Å². The van der Waals surface area contributed by atoms with Crippen molar-refractivity contribution in [2.45, 2.75) is 46.3 Å². The smallest absolute Gasteiger partial charge is 0.407 e. The van der Waals surface area contributed by atoms with E-state index in [1.165, 1.54) is 11.1 Å². The minimum atomic E-state index is -0.388. The summed E-state index contributed by atoms with van der Waals surface area (Å²) >= 11 is 0.